The molecule has 0 atom stereocenters. The number of unbranched alkanes of at least 4 members (excludes halogenated alkanes) is 1. The molecular formula is C18H30N2O4. The number of carbonyl (C=O) groups is 3. The van der Waals surface area contributed by atoms with E-state index in [4.69, 9.17) is 0 Å². The van der Waals surface area contributed by atoms with Crippen LogP contribution in [-0.4, -0.2) is 35.0 Å². The van der Waals surface area contributed by atoms with Gasteiger partial charge in [0.25, 0.3) is 0 Å². The van der Waals surface area contributed by atoms with Crippen LogP contribution < -0.4 is 10.6 Å². The molecule has 2 amide bonds. The third-order valence-corrected chi connectivity index (χ3v) is 5.60. The number of carbonyl (C=O) groups excluding carboxylic acids is 2. The predicted octanol–water partition coefficient (Wildman–Crippen LogP) is 2.37. The van der Waals surface area contributed by atoms with Crippen LogP contribution in [-0.2, 0) is 14.4 Å². The molecule has 136 valence electrons. The highest BCUT2D eigenvalue weighted by Gasteiger charge is 2.48. The van der Waals surface area contributed by atoms with Gasteiger partial charge in [0.2, 0.25) is 11.8 Å². The van der Waals surface area contributed by atoms with Crippen LogP contribution in [0, 0.1) is 5.41 Å². The Morgan fingerprint density at radius 3 is 2.17 bits per heavy atom. The molecule has 6 nitrogen and oxygen atoms in total. The van der Waals surface area contributed by atoms with E-state index in [2.05, 4.69) is 17.6 Å². The largest absolute Gasteiger partial charge is 0.481 e. The molecule has 2 rings (SSSR count). The second-order valence-corrected chi connectivity index (χ2v) is 7.42. The van der Waals surface area contributed by atoms with Gasteiger partial charge in [0.1, 0.15) is 5.54 Å². The smallest absolute Gasteiger partial charge is 0.310 e. The van der Waals surface area contributed by atoms with Crippen LogP contribution in [0.1, 0.15) is 77.6 Å². The Labute approximate surface area is 143 Å². The summed E-state index contributed by atoms with van der Waals surface area (Å²) in [5, 5.41) is 15.3. The first-order valence-corrected chi connectivity index (χ1v) is 9.27. The number of carboxylic acid groups (broad SMARTS) is 1. The molecule has 3 N–H and O–H groups in total. The molecule has 2 fully saturated rings. The zero-order valence-electron chi connectivity index (χ0n) is 14.7. The van der Waals surface area contributed by atoms with Crippen molar-refractivity contribution in [2.24, 2.45) is 5.41 Å². The molecule has 0 heterocycles. The fraction of sp³-hybridized carbons (Fsp3) is 0.833. The van der Waals surface area contributed by atoms with Crippen molar-refractivity contribution in [3.8, 4) is 0 Å². The molecule has 0 aromatic carbocycles. The maximum absolute atomic E-state index is 12.7. The van der Waals surface area contributed by atoms with Crippen molar-refractivity contribution in [1.82, 2.24) is 10.6 Å². The molecule has 2 aliphatic carbocycles. The van der Waals surface area contributed by atoms with E-state index in [0.29, 0.717) is 32.2 Å². The second-order valence-electron chi connectivity index (χ2n) is 7.42. The molecule has 2 saturated carbocycles. The van der Waals surface area contributed by atoms with Gasteiger partial charge in [-0.1, -0.05) is 39.0 Å². The minimum absolute atomic E-state index is 0.0215. The van der Waals surface area contributed by atoms with Crippen LogP contribution >= 0.6 is 0 Å². The average molecular weight is 338 g/mol. The Morgan fingerprint density at radius 1 is 1.00 bits per heavy atom. The first-order chi connectivity index (χ1) is 11.4. The first kappa shape index (κ1) is 18.7. The van der Waals surface area contributed by atoms with Crippen molar-refractivity contribution in [1.29, 1.82) is 0 Å². The van der Waals surface area contributed by atoms with E-state index in [9.17, 15) is 19.5 Å². The summed E-state index contributed by atoms with van der Waals surface area (Å²) in [6.07, 6.45) is 7.99. The van der Waals surface area contributed by atoms with Crippen molar-refractivity contribution in [3.63, 3.8) is 0 Å². The van der Waals surface area contributed by atoms with Gasteiger partial charge < -0.3 is 15.7 Å². The molecule has 0 bridgehead atoms. The van der Waals surface area contributed by atoms with E-state index in [1.165, 1.54) is 0 Å². The molecule has 0 aromatic heterocycles. The Balaban J connectivity index is 2.01. The Morgan fingerprint density at radius 2 is 1.67 bits per heavy atom. The number of amides is 2. The molecule has 0 aromatic rings. The summed E-state index contributed by atoms with van der Waals surface area (Å²) in [5.74, 6) is -1.30. The summed E-state index contributed by atoms with van der Waals surface area (Å²) >= 11 is 0. The number of hydrogen-bond donors (Lipinski definition) is 3. The SMILES string of the molecule is CCCCNC(=O)C1(NC(=O)CC2(C(=O)O)CCC2)CCCCC1. The van der Waals surface area contributed by atoms with E-state index in [0.717, 1.165) is 38.5 Å². The van der Waals surface area contributed by atoms with Crippen molar-refractivity contribution >= 4 is 17.8 Å². The van der Waals surface area contributed by atoms with E-state index in [1.54, 1.807) is 0 Å². The molecule has 6 heteroatoms. The maximum Gasteiger partial charge on any atom is 0.310 e. The lowest BCUT2D eigenvalue weighted by Gasteiger charge is -2.40. The highest BCUT2D eigenvalue weighted by molar-refractivity contribution is 5.93. The molecule has 2 aliphatic rings. The lowest BCUT2D eigenvalue weighted by molar-refractivity contribution is -0.158. The van der Waals surface area contributed by atoms with E-state index >= 15 is 0 Å². The van der Waals surface area contributed by atoms with Gasteiger partial charge in [-0.2, -0.15) is 0 Å². The molecule has 0 saturated heterocycles. The monoisotopic (exact) mass is 338 g/mol. The second kappa shape index (κ2) is 7.99. The molecular weight excluding hydrogens is 308 g/mol. The minimum Gasteiger partial charge on any atom is -0.481 e. The predicted molar refractivity (Wildman–Crippen MR) is 90.4 cm³/mol. The van der Waals surface area contributed by atoms with Crippen LogP contribution in [0.3, 0.4) is 0 Å². The van der Waals surface area contributed by atoms with Crippen LogP contribution in [0.4, 0.5) is 0 Å². The van der Waals surface area contributed by atoms with Crippen molar-refractivity contribution < 1.29 is 19.5 Å². The summed E-state index contributed by atoms with van der Waals surface area (Å²) in [4.78, 5) is 36.6. The molecule has 0 radical (unpaired) electrons. The standard InChI is InChI=1S/C18H30N2O4/c1-2-3-12-19-15(22)18(10-5-4-6-11-18)20-14(21)13-17(16(23)24)8-7-9-17/h2-13H2,1H3,(H,19,22)(H,20,21)(H,23,24). The van der Waals surface area contributed by atoms with E-state index in [1.807, 2.05) is 0 Å². The summed E-state index contributed by atoms with van der Waals surface area (Å²) in [6.45, 7) is 2.68. The zero-order valence-corrected chi connectivity index (χ0v) is 14.7. The van der Waals surface area contributed by atoms with Gasteiger partial charge in [-0.05, 0) is 32.1 Å². The third kappa shape index (κ3) is 4.08. The van der Waals surface area contributed by atoms with Gasteiger partial charge in [0.15, 0.2) is 0 Å². The van der Waals surface area contributed by atoms with Crippen molar-refractivity contribution in [3.05, 3.63) is 0 Å². The average Bonchev–Trinajstić information content (AvgIpc) is 2.51. The van der Waals surface area contributed by atoms with Crippen molar-refractivity contribution in [2.45, 2.75) is 83.1 Å². The van der Waals surface area contributed by atoms with Gasteiger partial charge >= 0.3 is 5.97 Å². The molecule has 0 spiro atoms. The van der Waals surface area contributed by atoms with Crippen LogP contribution in [0.15, 0.2) is 0 Å². The molecule has 0 aliphatic heterocycles. The summed E-state index contributed by atoms with van der Waals surface area (Å²) in [6, 6.07) is 0. The fourth-order valence-corrected chi connectivity index (χ4v) is 3.80. The number of nitrogens with one attached hydrogen (secondary N) is 2. The quantitative estimate of drug-likeness (QED) is 0.592. The fourth-order valence-electron chi connectivity index (χ4n) is 3.80. The van der Waals surface area contributed by atoms with Gasteiger partial charge in [-0.25, -0.2) is 0 Å². The number of aliphatic carboxylic acids is 1. The number of hydrogen-bond acceptors (Lipinski definition) is 3. The van der Waals surface area contributed by atoms with E-state index in [-0.39, 0.29) is 18.2 Å². The van der Waals surface area contributed by atoms with Gasteiger partial charge in [0.05, 0.1) is 5.41 Å². The van der Waals surface area contributed by atoms with Crippen molar-refractivity contribution in [2.75, 3.05) is 6.54 Å². The van der Waals surface area contributed by atoms with E-state index < -0.39 is 16.9 Å². The Hall–Kier alpha value is -1.59. The lowest BCUT2D eigenvalue weighted by atomic mass is 9.66. The molecule has 0 unspecified atom stereocenters. The summed E-state index contributed by atoms with van der Waals surface area (Å²) < 4.78 is 0. The minimum atomic E-state index is -0.918. The van der Waals surface area contributed by atoms with Crippen LogP contribution in [0.25, 0.3) is 0 Å². The van der Waals surface area contributed by atoms with Gasteiger partial charge in [-0.3, -0.25) is 14.4 Å². The lowest BCUT2D eigenvalue weighted by Crippen LogP contribution is -2.60. The van der Waals surface area contributed by atoms with Gasteiger partial charge in [-0.15, -0.1) is 0 Å². The van der Waals surface area contributed by atoms with Gasteiger partial charge in [0, 0.05) is 13.0 Å². The highest BCUT2D eigenvalue weighted by atomic mass is 16.4. The molecule has 24 heavy (non-hydrogen) atoms. The topological polar surface area (TPSA) is 95.5 Å². The third-order valence-electron chi connectivity index (χ3n) is 5.60. The number of rotatable bonds is 8. The summed E-state index contributed by atoms with van der Waals surface area (Å²) in [5.41, 5.74) is -1.77. The summed E-state index contributed by atoms with van der Waals surface area (Å²) in [7, 11) is 0. The van der Waals surface area contributed by atoms with Crippen LogP contribution in [0.2, 0.25) is 0 Å². The first-order valence-electron chi connectivity index (χ1n) is 9.27. The zero-order chi connectivity index (χ0) is 17.6. The highest BCUT2D eigenvalue weighted by Crippen LogP contribution is 2.44. The Bertz CT molecular complexity index is 479. The maximum atomic E-state index is 12.7. The Kier molecular flexibility index (Phi) is 6.24. The normalized spacial score (nSPS) is 21.4. The number of carboxylic acids is 1. The van der Waals surface area contributed by atoms with Crippen LogP contribution in [0.5, 0.6) is 0 Å².